The standard InChI is InChI=1S/C13H22BrN3O/c1-9-13(14)12(17(2)16-9)7-15-11-6-4-3-5-10(11)8-18/h10-11,15,18H,3-8H2,1-2H3. The summed E-state index contributed by atoms with van der Waals surface area (Å²) in [7, 11) is 1.97. The number of aliphatic hydroxyl groups excluding tert-OH is 1. The fraction of sp³-hybridized carbons (Fsp3) is 0.769. The van der Waals surface area contributed by atoms with Gasteiger partial charge in [-0.05, 0) is 41.6 Å². The van der Waals surface area contributed by atoms with E-state index in [9.17, 15) is 5.11 Å². The maximum absolute atomic E-state index is 9.41. The Kier molecular flexibility index (Phi) is 4.81. The van der Waals surface area contributed by atoms with Gasteiger partial charge in [-0.25, -0.2) is 0 Å². The molecule has 0 bridgehead atoms. The molecule has 0 aliphatic heterocycles. The number of aryl methyl sites for hydroxylation is 2. The van der Waals surface area contributed by atoms with Gasteiger partial charge in [0.15, 0.2) is 0 Å². The first-order chi connectivity index (χ1) is 8.63. The summed E-state index contributed by atoms with van der Waals surface area (Å²) in [5.74, 6) is 0.409. The van der Waals surface area contributed by atoms with Crippen molar-refractivity contribution in [3.05, 3.63) is 15.9 Å². The van der Waals surface area contributed by atoms with Gasteiger partial charge in [-0.15, -0.1) is 0 Å². The molecule has 2 atom stereocenters. The van der Waals surface area contributed by atoms with Crippen LogP contribution in [-0.4, -0.2) is 27.5 Å². The van der Waals surface area contributed by atoms with Crippen LogP contribution in [-0.2, 0) is 13.6 Å². The van der Waals surface area contributed by atoms with Crippen LogP contribution in [0.4, 0.5) is 0 Å². The third-order valence-electron chi connectivity index (χ3n) is 3.94. The molecule has 1 aliphatic rings. The van der Waals surface area contributed by atoms with Crippen molar-refractivity contribution in [3.63, 3.8) is 0 Å². The summed E-state index contributed by atoms with van der Waals surface area (Å²) in [6.07, 6.45) is 4.82. The number of aromatic nitrogens is 2. The Labute approximate surface area is 117 Å². The second-order valence-electron chi connectivity index (χ2n) is 5.18. The highest BCUT2D eigenvalue weighted by atomic mass is 79.9. The number of hydrogen-bond donors (Lipinski definition) is 2. The fourth-order valence-corrected chi connectivity index (χ4v) is 3.27. The number of nitrogens with zero attached hydrogens (tertiary/aromatic N) is 2. The number of rotatable bonds is 4. The molecule has 0 spiro atoms. The highest BCUT2D eigenvalue weighted by molar-refractivity contribution is 9.10. The molecule has 2 unspecified atom stereocenters. The normalized spacial score (nSPS) is 24.4. The molecule has 4 nitrogen and oxygen atoms in total. The second-order valence-corrected chi connectivity index (χ2v) is 5.98. The van der Waals surface area contributed by atoms with Crippen molar-refractivity contribution in [2.45, 2.75) is 45.2 Å². The van der Waals surface area contributed by atoms with Crippen LogP contribution in [0.3, 0.4) is 0 Å². The number of halogens is 1. The van der Waals surface area contributed by atoms with Crippen LogP contribution in [0.15, 0.2) is 4.47 Å². The Bertz CT molecular complexity index is 405. The van der Waals surface area contributed by atoms with E-state index >= 15 is 0 Å². The SMILES string of the molecule is Cc1nn(C)c(CNC2CCCCC2CO)c1Br. The Morgan fingerprint density at radius 1 is 1.44 bits per heavy atom. The summed E-state index contributed by atoms with van der Waals surface area (Å²) in [4.78, 5) is 0. The van der Waals surface area contributed by atoms with Crippen LogP contribution in [0, 0.1) is 12.8 Å². The smallest absolute Gasteiger partial charge is 0.0739 e. The molecule has 0 amide bonds. The van der Waals surface area contributed by atoms with E-state index in [-0.39, 0.29) is 0 Å². The zero-order valence-electron chi connectivity index (χ0n) is 11.1. The Morgan fingerprint density at radius 2 is 2.17 bits per heavy atom. The lowest BCUT2D eigenvalue weighted by atomic mass is 9.85. The van der Waals surface area contributed by atoms with Crippen LogP contribution in [0.5, 0.6) is 0 Å². The molecular formula is C13H22BrN3O. The third-order valence-corrected chi connectivity index (χ3v) is 4.97. The zero-order chi connectivity index (χ0) is 13.1. The molecule has 18 heavy (non-hydrogen) atoms. The van der Waals surface area contributed by atoms with E-state index in [1.54, 1.807) is 0 Å². The van der Waals surface area contributed by atoms with Gasteiger partial charge in [0, 0.05) is 26.2 Å². The summed E-state index contributed by atoms with van der Waals surface area (Å²) in [5, 5.41) is 17.4. The molecule has 1 heterocycles. The average molecular weight is 316 g/mol. The van der Waals surface area contributed by atoms with Gasteiger partial charge in [0.2, 0.25) is 0 Å². The summed E-state index contributed by atoms with van der Waals surface area (Å²) < 4.78 is 3.01. The quantitative estimate of drug-likeness (QED) is 0.895. The Balaban J connectivity index is 1.98. The summed E-state index contributed by atoms with van der Waals surface area (Å²) in [5.41, 5.74) is 2.20. The molecule has 102 valence electrons. The maximum Gasteiger partial charge on any atom is 0.0739 e. The van der Waals surface area contributed by atoms with Gasteiger partial charge >= 0.3 is 0 Å². The predicted molar refractivity (Wildman–Crippen MR) is 75.3 cm³/mol. The van der Waals surface area contributed by atoms with Gasteiger partial charge in [-0.3, -0.25) is 4.68 Å². The summed E-state index contributed by atoms with van der Waals surface area (Å²) in [6, 6.07) is 0.436. The minimum atomic E-state index is 0.295. The number of nitrogens with one attached hydrogen (secondary N) is 1. The van der Waals surface area contributed by atoms with Gasteiger partial charge < -0.3 is 10.4 Å². The van der Waals surface area contributed by atoms with E-state index in [0.717, 1.165) is 23.1 Å². The van der Waals surface area contributed by atoms with Crippen LogP contribution in [0.2, 0.25) is 0 Å². The molecule has 1 saturated carbocycles. The molecule has 0 radical (unpaired) electrons. The van der Waals surface area contributed by atoms with Crippen molar-refractivity contribution in [2.24, 2.45) is 13.0 Å². The predicted octanol–water partition coefficient (Wildman–Crippen LogP) is 2.13. The van der Waals surface area contributed by atoms with Crippen molar-refractivity contribution < 1.29 is 5.11 Å². The highest BCUT2D eigenvalue weighted by Crippen LogP contribution is 2.25. The molecule has 5 heteroatoms. The van der Waals surface area contributed by atoms with Crippen LogP contribution in [0.25, 0.3) is 0 Å². The molecule has 2 N–H and O–H groups in total. The van der Waals surface area contributed by atoms with Gasteiger partial charge in [0.25, 0.3) is 0 Å². The monoisotopic (exact) mass is 315 g/mol. The van der Waals surface area contributed by atoms with E-state index in [0.29, 0.717) is 18.6 Å². The van der Waals surface area contributed by atoms with E-state index in [4.69, 9.17) is 0 Å². The lowest BCUT2D eigenvalue weighted by molar-refractivity contribution is 0.152. The van der Waals surface area contributed by atoms with Crippen molar-refractivity contribution in [1.29, 1.82) is 0 Å². The molecular weight excluding hydrogens is 294 g/mol. The first-order valence-electron chi connectivity index (χ1n) is 6.65. The molecule has 2 rings (SSSR count). The Morgan fingerprint density at radius 3 is 2.78 bits per heavy atom. The largest absolute Gasteiger partial charge is 0.396 e. The minimum absolute atomic E-state index is 0.295. The summed E-state index contributed by atoms with van der Waals surface area (Å²) in [6.45, 7) is 3.10. The van der Waals surface area contributed by atoms with Gasteiger partial charge in [0.1, 0.15) is 0 Å². The van der Waals surface area contributed by atoms with Crippen LogP contribution < -0.4 is 5.32 Å². The minimum Gasteiger partial charge on any atom is -0.396 e. The third kappa shape index (κ3) is 2.95. The molecule has 0 aromatic carbocycles. The Hall–Kier alpha value is -0.390. The number of aliphatic hydroxyl groups is 1. The first-order valence-corrected chi connectivity index (χ1v) is 7.45. The maximum atomic E-state index is 9.41. The van der Waals surface area contributed by atoms with Gasteiger partial charge in [0.05, 0.1) is 15.9 Å². The van der Waals surface area contributed by atoms with E-state index in [1.165, 1.54) is 25.0 Å². The fourth-order valence-electron chi connectivity index (χ4n) is 2.79. The van der Waals surface area contributed by atoms with E-state index in [1.807, 2.05) is 18.7 Å². The van der Waals surface area contributed by atoms with E-state index < -0.39 is 0 Å². The lowest BCUT2D eigenvalue weighted by Crippen LogP contribution is -2.40. The first kappa shape index (κ1) is 14.0. The van der Waals surface area contributed by atoms with Crippen molar-refractivity contribution in [2.75, 3.05) is 6.61 Å². The topological polar surface area (TPSA) is 50.1 Å². The van der Waals surface area contributed by atoms with E-state index in [2.05, 4.69) is 26.3 Å². The zero-order valence-corrected chi connectivity index (χ0v) is 12.7. The second kappa shape index (κ2) is 6.17. The van der Waals surface area contributed by atoms with Crippen molar-refractivity contribution in [1.82, 2.24) is 15.1 Å². The number of hydrogen-bond acceptors (Lipinski definition) is 3. The van der Waals surface area contributed by atoms with Crippen molar-refractivity contribution >= 4 is 15.9 Å². The molecule has 1 fully saturated rings. The average Bonchev–Trinajstić information content (AvgIpc) is 2.62. The van der Waals surface area contributed by atoms with Crippen LogP contribution in [0.1, 0.15) is 37.1 Å². The molecule has 0 saturated heterocycles. The molecule has 1 aromatic heterocycles. The molecule has 1 aromatic rings. The van der Waals surface area contributed by atoms with Gasteiger partial charge in [-0.1, -0.05) is 12.8 Å². The summed E-state index contributed by atoms with van der Waals surface area (Å²) >= 11 is 3.59. The molecule has 1 aliphatic carbocycles. The van der Waals surface area contributed by atoms with Crippen molar-refractivity contribution in [3.8, 4) is 0 Å². The van der Waals surface area contributed by atoms with Gasteiger partial charge in [-0.2, -0.15) is 5.10 Å². The highest BCUT2D eigenvalue weighted by Gasteiger charge is 2.24. The van der Waals surface area contributed by atoms with Crippen LogP contribution >= 0.6 is 15.9 Å². The lowest BCUT2D eigenvalue weighted by Gasteiger charge is -2.31.